The van der Waals surface area contributed by atoms with Gasteiger partial charge in [0, 0.05) is 33.7 Å². The van der Waals surface area contributed by atoms with Crippen molar-refractivity contribution in [3.8, 4) is 33.6 Å². The molecule has 0 saturated carbocycles. The molecule has 0 spiro atoms. The van der Waals surface area contributed by atoms with Crippen LogP contribution in [0.25, 0.3) is 98.7 Å². The van der Waals surface area contributed by atoms with Gasteiger partial charge in [-0.2, -0.15) is 0 Å². The van der Waals surface area contributed by atoms with E-state index in [1.54, 1.807) is 0 Å². The lowest BCUT2D eigenvalue weighted by atomic mass is 9.90. The third-order valence-electron chi connectivity index (χ3n) is 10.7. The first kappa shape index (κ1) is 27.3. The molecule has 0 atom stereocenters. The number of fused-ring (bicyclic) bond motifs is 5. The molecule has 0 unspecified atom stereocenters. The Balaban J connectivity index is 1.11. The molecule has 0 amide bonds. The lowest BCUT2D eigenvalue weighted by Crippen LogP contribution is -1.96. The second kappa shape index (κ2) is 10.4. The Morgan fingerprint density at radius 1 is 0.340 bits per heavy atom. The molecule has 0 aliphatic rings. The normalized spacial score (nSPS) is 12.0. The molecule has 0 N–H and O–H groups in total. The van der Waals surface area contributed by atoms with E-state index >= 15 is 0 Å². The van der Waals surface area contributed by atoms with E-state index in [9.17, 15) is 0 Å². The van der Waals surface area contributed by atoms with E-state index in [1.807, 2.05) is 0 Å². The molecule has 0 saturated heterocycles. The summed E-state index contributed by atoms with van der Waals surface area (Å²) in [5, 5.41) is 11.6. The van der Waals surface area contributed by atoms with Gasteiger partial charge in [-0.3, -0.25) is 0 Å². The Morgan fingerprint density at radius 2 is 1.02 bits per heavy atom. The largest absolute Gasteiger partial charge is 0.316 e. The van der Waals surface area contributed by atoms with E-state index in [0.717, 1.165) is 11.4 Å². The number of aromatic nitrogens is 2. The highest BCUT2D eigenvalue weighted by Crippen LogP contribution is 2.41. The van der Waals surface area contributed by atoms with E-state index in [0.29, 0.717) is 0 Å². The number of benzene rings is 9. The summed E-state index contributed by atoms with van der Waals surface area (Å²) < 4.78 is 4.78. The van der Waals surface area contributed by atoms with Crippen molar-refractivity contribution in [3.63, 3.8) is 0 Å². The fourth-order valence-electron chi connectivity index (χ4n) is 8.41. The Hall–Kier alpha value is -6.64. The van der Waals surface area contributed by atoms with Crippen molar-refractivity contribution in [2.45, 2.75) is 0 Å². The van der Waals surface area contributed by atoms with E-state index in [2.05, 4.69) is 191 Å². The summed E-state index contributed by atoms with van der Waals surface area (Å²) in [6, 6.07) is 64.5. The minimum atomic E-state index is 1.15. The standard InChI is InChI=1S/C48H30N2/c1-2-8-31(9-3-1)32-18-22-37(23-19-32)49-29-28-43-44(49)27-26-42-40-14-4-5-15-45(40)50(48(42)43)38-13-7-12-36(30-38)39-24-20-35-17-16-33-10-6-11-34-21-25-41(39)47(35)46(33)34/h1-30H. The van der Waals surface area contributed by atoms with Crippen LogP contribution in [-0.2, 0) is 0 Å². The van der Waals surface area contributed by atoms with Gasteiger partial charge in [0.1, 0.15) is 0 Å². The highest BCUT2D eigenvalue weighted by Gasteiger charge is 2.18. The van der Waals surface area contributed by atoms with Gasteiger partial charge in [0.05, 0.1) is 16.6 Å². The van der Waals surface area contributed by atoms with Crippen LogP contribution >= 0.6 is 0 Å². The van der Waals surface area contributed by atoms with Crippen LogP contribution in [0.1, 0.15) is 0 Å². The van der Waals surface area contributed by atoms with Crippen molar-refractivity contribution in [2.24, 2.45) is 0 Å². The van der Waals surface area contributed by atoms with Crippen molar-refractivity contribution >= 4 is 65.0 Å². The summed E-state index contributed by atoms with van der Waals surface area (Å²) >= 11 is 0. The fraction of sp³-hybridized carbons (Fsp3) is 0. The minimum Gasteiger partial charge on any atom is -0.316 e. The van der Waals surface area contributed by atoms with Crippen LogP contribution < -0.4 is 0 Å². The van der Waals surface area contributed by atoms with E-state index in [4.69, 9.17) is 0 Å². The van der Waals surface area contributed by atoms with Crippen LogP contribution in [0.4, 0.5) is 0 Å². The Morgan fingerprint density at radius 3 is 1.88 bits per heavy atom. The molecule has 2 nitrogen and oxygen atoms in total. The molecular formula is C48H30N2. The summed E-state index contributed by atoms with van der Waals surface area (Å²) in [6.45, 7) is 0. The zero-order chi connectivity index (χ0) is 32.8. The number of nitrogens with zero attached hydrogens (tertiary/aromatic N) is 2. The van der Waals surface area contributed by atoms with Gasteiger partial charge in [0.2, 0.25) is 0 Å². The van der Waals surface area contributed by atoms with Crippen LogP contribution in [0.5, 0.6) is 0 Å². The highest BCUT2D eigenvalue weighted by molar-refractivity contribution is 6.25. The van der Waals surface area contributed by atoms with Gasteiger partial charge in [0.25, 0.3) is 0 Å². The minimum absolute atomic E-state index is 1.15. The number of para-hydroxylation sites is 1. The van der Waals surface area contributed by atoms with Crippen LogP contribution in [0.2, 0.25) is 0 Å². The quantitative estimate of drug-likeness (QED) is 0.171. The van der Waals surface area contributed by atoms with Crippen molar-refractivity contribution in [2.75, 3.05) is 0 Å². The Bertz CT molecular complexity index is 3050. The first-order valence-electron chi connectivity index (χ1n) is 17.3. The molecule has 11 rings (SSSR count). The predicted octanol–water partition coefficient (Wildman–Crippen LogP) is 13.0. The summed E-state index contributed by atoms with van der Waals surface area (Å²) in [7, 11) is 0. The average molecular weight is 635 g/mol. The third-order valence-corrected chi connectivity index (χ3v) is 10.7. The van der Waals surface area contributed by atoms with Crippen molar-refractivity contribution in [3.05, 3.63) is 182 Å². The molecule has 2 aromatic heterocycles. The summed E-state index contributed by atoms with van der Waals surface area (Å²) in [6.07, 6.45) is 2.21. The predicted molar refractivity (Wildman–Crippen MR) is 212 cm³/mol. The topological polar surface area (TPSA) is 9.86 Å². The summed E-state index contributed by atoms with van der Waals surface area (Å²) in [5.74, 6) is 0. The van der Waals surface area contributed by atoms with Gasteiger partial charge in [-0.25, -0.2) is 0 Å². The van der Waals surface area contributed by atoms with Crippen molar-refractivity contribution in [1.29, 1.82) is 0 Å². The lowest BCUT2D eigenvalue weighted by Gasteiger charge is -2.15. The zero-order valence-corrected chi connectivity index (χ0v) is 27.2. The summed E-state index contributed by atoms with van der Waals surface area (Å²) in [5.41, 5.74) is 10.9. The molecule has 0 aliphatic heterocycles. The van der Waals surface area contributed by atoms with Gasteiger partial charge in [0.15, 0.2) is 0 Å². The molecule has 2 heteroatoms. The van der Waals surface area contributed by atoms with Crippen LogP contribution in [0.3, 0.4) is 0 Å². The molecule has 0 fully saturated rings. The maximum Gasteiger partial charge on any atom is 0.0635 e. The van der Waals surface area contributed by atoms with E-state index in [1.165, 1.54) is 87.3 Å². The molecule has 0 bridgehead atoms. The fourth-order valence-corrected chi connectivity index (χ4v) is 8.41. The molecule has 0 radical (unpaired) electrons. The molecule has 9 aromatic carbocycles. The molecule has 2 heterocycles. The number of hydrogen-bond donors (Lipinski definition) is 0. The van der Waals surface area contributed by atoms with Gasteiger partial charge >= 0.3 is 0 Å². The number of hydrogen-bond acceptors (Lipinski definition) is 0. The maximum absolute atomic E-state index is 2.47. The molecule has 0 aliphatic carbocycles. The number of rotatable bonds is 4. The van der Waals surface area contributed by atoms with Crippen LogP contribution in [0, 0.1) is 0 Å². The molecule has 11 aromatic rings. The second-order valence-corrected chi connectivity index (χ2v) is 13.4. The first-order chi connectivity index (χ1) is 24.8. The Kier molecular flexibility index (Phi) is 5.70. The summed E-state index contributed by atoms with van der Waals surface area (Å²) in [4.78, 5) is 0. The third kappa shape index (κ3) is 3.90. The second-order valence-electron chi connectivity index (χ2n) is 13.4. The zero-order valence-electron chi connectivity index (χ0n) is 27.2. The molecule has 232 valence electrons. The van der Waals surface area contributed by atoms with E-state index in [-0.39, 0.29) is 0 Å². The van der Waals surface area contributed by atoms with E-state index < -0.39 is 0 Å². The van der Waals surface area contributed by atoms with Gasteiger partial charge < -0.3 is 9.13 Å². The maximum atomic E-state index is 2.47. The van der Waals surface area contributed by atoms with Gasteiger partial charge in [-0.1, -0.05) is 133 Å². The average Bonchev–Trinajstić information content (AvgIpc) is 3.77. The SMILES string of the molecule is c1ccc(-c2ccc(-n3ccc4c3ccc3c5ccccc5n(-c5cccc(-c6ccc7ccc8cccc9ccc6c7c89)c5)c34)cc2)cc1. The lowest BCUT2D eigenvalue weighted by molar-refractivity contribution is 1.13. The Labute approximate surface area is 289 Å². The van der Waals surface area contributed by atoms with Gasteiger partial charge in [-0.05, 0) is 97.0 Å². The van der Waals surface area contributed by atoms with Crippen LogP contribution in [0.15, 0.2) is 182 Å². The van der Waals surface area contributed by atoms with Crippen LogP contribution in [-0.4, -0.2) is 9.13 Å². The van der Waals surface area contributed by atoms with Gasteiger partial charge in [-0.15, -0.1) is 0 Å². The first-order valence-corrected chi connectivity index (χ1v) is 17.3. The molecule has 50 heavy (non-hydrogen) atoms. The van der Waals surface area contributed by atoms with Crippen molar-refractivity contribution in [1.82, 2.24) is 9.13 Å². The highest BCUT2D eigenvalue weighted by atomic mass is 15.0. The monoisotopic (exact) mass is 634 g/mol. The molecular weight excluding hydrogens is 605 g/mol. The smallest absolute Gasteiger partial charge is 0.0635 e. The van der Waals surface area contributed by atoms with Crippen molar-refractivity contribution < 1.29 is 0 Å².